The van der Waals surface area contributed by atoms with Crippen molar-refractivity contribution >= 4 is 72.9 Å². The van der Waals surface area contributed by atoms with Crippen LogP contribution in [0.5, 0.6) is 0 Å². The van der Waals surface area contributed by atoms with E-state index in [1.807, 2.05) is 18.2 Å². The van der Waals surface area contributed by atoms with Crippen molar-refractivity contribution < 1.29 is 0 Å². The molecule has 2 heterocycles. The van der Waals surface area contributed by atoms with Crippen molar-refractivity contribution in [2.45, 2.75) is 14.7 Å². The lowest BCUT2D eigenvalue weighted by Gasteiger charge is -2.00. The number of halogens is 2. The van der Waals surface area contributed by atoms with Crippen LogP contribution in [0.4, 0.5) is 0 Å². The predicted octanol–water partition coefficient (Wildman–Crippen LogP) is 4.74. The molecule has 0 unspecified atom stereocenters. The van der Waals surface area contributed by atoms with Crippen LogP contribution in [0, 0.1) is 4.77 Å². The molecule has 2 aromatic heterocycles. The van der Waals surface area contributed by atoms with E-state index < -0.39 is 0 Å². The van der Waals surface area contributed by atoms with Crippen molar-refractivity contribution in [2.75, 3.05) is 0 Å². The molecule has 0 radical (unpaired) electrons. The predicted molar refractivity (Wildman–Crippen MR) is 93.6 cm³/mol. The fraction of sp³-hybridized carbons (Fsp3) is 0.0833. The Balaban J connectivity index is 2.11. The summed E-state index contributed by atoms with van der Waals surface area (Å²) in [5.74, 6) is 0. The van der Waals surface area contributed by atoms with Gasteiger partial charge in [0.25, 0.3) is 0 Å². The van der Waals surface area contributed by atoms with Crippen molar-refractivity contribution in [1.82, 2.24) is 15.0 Å². The van der Waals surface area contributed by atoms with Gasteiger partial charge in [-0.05, 0) is 53.1 Å². The summed E-state index contributed by atoms with van der Waals surface area (Å²) >= 11 is 17.5. The van der Waals surface area contributed by atoms with Gasteiger partial charge in [-0.25, -0.2) is 4.79 Å². The summed E-state index contributed by atoms with van der Waals surface area (Å²) in [5, 5.41) is 2.98. The Morgan fingerprint density at radius 2 is 2.24 bits per heavy atom. The van der Waals surface area contributed by atoms with Crippen molar-refractivity contribution in [2.24, 2.45) is 0 Å². The molecule has 0 aliphatic carbocycles. The average molecular weight is 421 g/mol. The molecule has 108 valence electrons. The third-order valence-electron chi connectivity index (χ3n) is 2.68. The van der Waals surface area contributed by atoms with E-state index in [2.05, 4.69) is 30.9 Å². The SMILES string of the molecule is O=c1[nH]c(Sc2sc3ccc(Cl)cc3c2CBr)nc(=S)[nH]1. The number of nitrogens with one attached hydrogen (secondary N) is 2. The second-order valence-electron chi connectivity index (χ2n) is 4.05. The van der Waals surface area contributed by atoms with Gasteiger partial charge in [0.15, 0.2) is 5.16 Å². The maximum Gasteiger partial charge on any atom is 0.327 e. The van der Waals surface area contributed by atoms with Crippen molar-refractivity contribution in [1.29, 1.82) is 0 Å². The monoisotopic (exact) mass is 419 g/mol. The molecule has 2 N–H and O–H groups in total. The molecule has 0 fully saturated rings. The zero-order chi connectivity index (χ0) is 15.0. The molecule has 4 nitrogen and oxygen atoms in total. The summed E-state index contributed by atoms with van der Waals surface area (Å²) in [4.78, 5) is 20.6. The number of thiophene rings is 1. The number of alkyl halides is 1. The minimum Gasteiger partial charge on any atom is -0.286 e. The van der Waals surface area contributed by atoms with Gasteiger partial charge in [0.05, 0.1) is 4.21 Å². The van der Waals surface area contributed by atoms with E-state index in [1.165, 1.54) is 11.8 Å². The number of fused-ring (bicyclic) bond motifs is 1. The first-order valence-corrected chi connectivity index (χ1v) is 9.26. The van der Waals surface area contributed by atoms with Gasteiger partial charge in [0.1, 0.15) is 0 Å². The van der Waals surface area contributed by atoms with E-state index in [-0.39, 0.29) is 10.5 Å². The first-order valence-electron chi connectivity index (χ1n) is 5.72. The van der Waals surface area contributed by atoms with Gasteiger partial charge in [0, 0.05) is 15.1 Å². The van der Waals surface area contributed by atoms with Crippen molar-refractivity contribution in [3.05, 3.63) is 44.0 Å². The molecule has 0 aliphatic rings. The number of rotatable bonds is 3. The third-order valence-corrected chi connectivity index (χ3v) is 6.00. The zero-order valence-corrected chi connectivity index (χ0v) is 15.1. The van der Waals surface area contributed by atoms with Gasteiger partial charge in [-0.15, -0.1) is 11.3 Å². The van der Waals surface area contributed by atoms with Gasteiger partial charge in [-0.2, -0.15) is 4.98 Å². The molecule has 0 atom stereocenters. The Labute approximate surface area is 146 Å². The standard InChI is InChI=1S/C12H7BrClN3OS3/c13-4-7-6-3-5(14)1-2-8(6)20-9(7)21-12-16-10(18)15-11(19)17-12/h1-3H,4H2,(H2,15,16,17,18,19). The van der Waals surface area contributed by atoms with Gasteiger partial charge in [-0.3, -0.25) is 9.97 Å². The topological polar surface area (TPSA) is 61.5 Å². The summed E-state index contributed by atoms with van der Waals surface area (Å²) in [7, 11) is 0. The average Bonchev–Trinajstić information content (AvgIpc) is 2.73. The van der Waals surface area contributed by atoms with Crippen LogP contribution in [0.1, 0.15) is 5.56 Å². The van der Waals surface area contributed by atoms with Crippen LogP contribution in [0.15, 0.2) is 32.4 Å². The van der Waals surface area contributed by atoms with Gasteiger partial charge in [0.2, 0.25) is 4.77 Å². The van der Waals surface area contributed by atoms with E-state index in [1.54, 1.807) is 11.3 Å². The largest absolute Gasteiger partial charge is 0.327 e. The third kappa shape index (κ3) is 3.24. The van der Waals surface area contributed by atoms with E-state index in [0.717, 1.165) is 19.9 Å². The minimum atomic E-state index is -0.359. The molecular weight excluding hydrogens is 414 g/mol. The fourth-order valence-corrected chi connectivity index (χ4v) is 5.55. The van der Waals surface area contributed by atoms with E-state index in [9.17, 15) is 4.79 Å². The summed E-state index contributed by atoms with van der Waals surface area (Å²) in [6, 6.07) is 5.80. The zero-order valence-electron chi connectivity index (χ0n) is 10.3. The van der Waals surface area contributed by atoms with Crippen LogP contribution >= 0.6 is 62.8 Å². The maximum absolute atomic E-state index is 11.4. The van der Waals surface area contributed by atoms with Crippen molar-refractivity contribution in [3.63, 3.8) is 0 Å². The van der Waals surface area contributed by atoms with Gasteiger partial charge >= 0.3 is 5.69 Å². The Hall–Kier alpha value is -0.670. The fourth-order valence-electron chi connectivity index (χ4n) is 1.82. The van der Waals surface area contributed by atoms with Crippen LogP contribution in [0.3, 0.4) is 0 Å². The second-order valence-corrected chi connectivity index (χ2v) is 7.74. The summed E-state index contributed by atoms with van der Waals surface area (Å²) < 4.78 is 2.36. The lowest BCUT2D eigenvalue weighted by molar-refractivity contribution is 0.847. The molecule has 0 aliphatic heterocycles. The van der Waals surface area contributed by atoms with Crippen LogP contribution in [0.25, 0.3) is 10.1 Å². The number of benzene rings is 1. The molecule has 21 heavy (non-hydrogen) atoms. The quantitative estimate of drug-likeness (QED) is 0.474. The van der Waals surface area contributed by atoms with Gasteiger partial charge < -0.3 is 0 Å². The smallest absolute Gasteiger partial charge is 0.286 e. The van der Waals surface area contributed by atoms with Crippen LogP contribution in [0.2, 0.25) is 5.02 Å². The normalized spacial score (nSPS) is 11.1. The Morgan fingerprint density at radius 1 is 1.43 bits per heavy atom. The highest BCUT2D eigenvalue weighted by atomic mass is 79.9. The van der Waals surface area contributed by atoms with E-state index in [0.29, 0.717) is 15.5 Å². The molecular formula is C12H7BrClN3OS3. The van der Waals surface area contributed by atoms with E-state index >= 15 is 0 Å². The van der Waals surface area contributed by atoms with Crippen LogP contribution < -0.4 is 5.69 Å². The molecule has 9 heteroatoms. The summed E-state index contributed by atoms with van der Waals surface area (Å²) in [5.41, 5.74) is 0.769. The molecule has 0 bridgehead atoms. The minimum absolute atomic E-state index is 0.172. The van der Waals surface area contributed by atoms with Gasteiger partial charge in [-0.1, -0.05) is 27.5 Å². The molecule has 0 spiro atoms. The molecule has 0 amide bonds. The highest BCUT2D eigenvalue weighted by Crippen LogP contribution is 2.41. The first-order chi connectivity index (χ1) is 10.1. The number of hydrogen-bond donors (Lipinski definition) is 2. The van der Waals surface area contributed by atoms with Crippen LogP contribution in [-0.4, -0.2) is 15.0 Å². The number of H-pyrrole nitrogens is 2. The lowest BCUT2D eigenvalue weighted by Crippen LogP contribution is -2.12. The van der Waals surface area contributed by atoms with Crippen LogP contribution in [-0.2, 0) is 5.33 Å². The Kier molecular flexibility index (Phi) is 4.51. The molecule has 1 aromatic carbocycles. The van der Waals surface area contributed by atoms with Crippen molar-refractivity contribution in [3.8, 4) is 0 Å². The summed E-state index contributed by atoms with van der Waals surface area (Å²) in [6.07, 6.45) is 0. The molecule has 3 aromatic rings. The number of nitrogens with zero attached hydrogens (tertiary/aromatic N) is 1. The molecule has 3 rings (SSSR count). The second kappa shape index (κ2) is 6.21. The number of aromatic nitrogens is 3. The highest BCUT2D eigenvalue weighted by Gasteiger charge is 2.14. The highest BCUT2D eigenvalue weighted by molar-refractivity contribution is 9.08. The Morgan fingerprint density at radius 3 is 2.95 bits per heavy atom. The lowest BCUT2D eigenvalue weighted by atomic mass is 10.2. The molecule has 0 saturated heterocycles. The first kappa shape index (κ1) is 15.2. The Bertz CT molecular complexity index is 905. The number of aromatic amines is 2. The van der Waals surface area contributed by atoms with E-state index in [4.69, 9.17) is 23.8 Å². The maximum atomic E-state index is 11.4. The molecule has 0 saturated carbocycles. The number of hydrogen-bond acceptors (Lipinski definition) is 5. The summed E-state index contributed by atoms with van der Waals surface area (Å²) in [6.45, 7) is 0.